The second-order valence-corrected chi connectivity index (χ2v) is 6.05. The van der Waals surface area contributed by atoms with E-state index in [-0.39, 0.29) is 0 Å². The number of nitrogens with one attached hydrogen (secondary N) is 1. The molecule has 0 aromatic carbocycles. The lowest BCUT2D eigenvalue weighted by Crippen LogP contribution is -2.13. The predicted octanol–water partition coefficient (Wildman–Crippen LogP) is 2.66. The van der Waals surface area contributed by atoms with Gasteiger partial charge in [0.1, 0.15) is 0 Å². The highest BCUT2D eigenvalue weighted by atomic mass is 15.3. The molecule has 5 nitrogen and oxygen atoms in total. The van der Waals surface area contributed by atoms with Crippen LogP contribution in [0.25, 0.3) is 0 Å². The number of hydrogen-bond acceptors (Lipinski definition) is 3. The Bertz CT molecular complexity index is 577. The summed E-state index contributed by atoms with van der Waals surface area (Å²) < 4.78 is 4.16. The van der Waals surface area contributed by atoms with E-state index in [0.29, 0.717) is 6.04 Å². The summed E-state index contributed by atoms with van der Waals surface area (Å²) in [7, 11) is 1.96. The molecule has 0 amide bonds. The molecule has 2 heterocycles. The first-order valence-electron chi connectivity index (χ1n) is 7.98. The van der Waals surface area contributed by atoms with E-state index in [1.165, 1.54) is 37.7 Å². The van der Waals surface area contributed by atoms with Gasteiger partial charge in [-0.25, -0.2) is 0 Å². The molecular formula is C16H25N5. The summed E-state index contributed by atoms with van der Waals surface area (Å²) in [5, 5.41) is 12.5. The summed E-state index contributed by atoms with van der Waals surface area (Å²) in [6.45, 7) is 3.68. The number of nitrogens with zero attached hydrogens (tertiary/aromatic N) is 4. The van der Waals surface area contributed by atoms with Crippen LogP contribution in [0.5, 0.6) is 0 Å². The van der Waals surface area contributed by atoms with Crippen molar-refractivity contribution in [1.82, 2.24) is 24.9 Å². The summed E-state index contributed by atoms with van der Waals surface area (Å²) in [6.07, 6.45) is 10.9. The van der Waals surface area contributed by atoms with Crippen LogP contribution in [0.2, 0.25) is 0 Å². The Labute approximate surface area is 126 Å². The highest BCUT2D eigenvalue weighted by Crippen LogP contribution is 2.27. The molecule has 3 rings (SSSR count). The quantitative estimate of drug-likeness (QED) is 0.919. The Kier molecular flexibility index (Phi) is 4.39. The number of rotatable bonds is 5. The molecule has 0 saturated heterocycles. The lowest BCUT2D eigenvalue weighted by atomic mass is 9.96. The topological polar surface area (TPSA) is 47.7 Å². The van der Waals surface area contributed by atoms with Crippen molar-refractivity contribution < 1.29 is 0 Å². The Morgan fingerprint density at radius 2 is 2.05 bits per heavy atom. The molecule has 0 radical (unpaired) electrons. The van der Waals surface area contributed by atoms with E-state index in [1.54, 1.807) is 0 Å². The zero-order valence-corrected chi connectivity index (χ0v) is 13.0. The average Bonchev–Trinajstić information content (AvgIpc) is 3.08. The minimum absolute atomic E-state index is 0.603. The van der Waals surface area contributed by atoms with Gasteiger partial charge < -0.3 is 5.32 Å². The van der Waals surface area contributed by atoms with Gasteiger partial charge in [0.2, 0.25) is 0 Å². The zero-order valence-electron chi connectivity index (χ0n) is 13.0. The average molecular weight is 287 g/mol. The maximum absolute atomic E-state index is 4.75. The molecule has 2 aromatic rings. The minimum atomic E-state index is 0.603. The molecule has 1 N–H and O–H groups in total. The van der Waals surface area contributed by atoms with Crippen molar-refractivity contribution in [1.29, 1.82) is 0 Å². The fourth-order valence-electron chi connectivity index (χ4n) is 3.18. The summed E-state index contributed by atoms with van der Waals surface area (Å²) in [5.74, 6) is 0. The van der Waals surface area contributed by atoms with Gasteiger partial charge in [-0.05, 0) is 32.9 Å². The van der Waals surface area contributed by atoms with Crippen molar-refractivity contribution in [3.05, 3.63) is 35.4 Å². The van der Waals surface area contributed by atoms with E-state index in [4.69, 9.17) is 5.10 Å². The van der Waals surface area contributed by atoms with Crippen molar-refractivity contribution in [3.63, 3.8) is 0 Å². The zero-order chi connectivity index (χ0) is 14.7. The van der Waals surface area contributed by atoms with Crippen LogP contribution in [0, 0.1) is 6.92 Å². The fraction of sp³-hybridized carbons (Fsp3) is 0.625. The molecule has 21 heavy (non-hydrogen) atoms. The molecular weight excluding hydrogens is 262 g/mol. The minimum Gasteiger partial charge on any atom is -0.316 e. The van der Waals surface area contributed by atoms with Crippen molar-refractivity contribution >= 4 is 0 Å². The van der Waals surface area contributed by atoms with E-state index in [1.807, 2.05) is 11.7 Å². The second kappa shape index (κ2) is 6.43. The SMILES string of the molecule is CNCc1cn(Cc2ccn(C3CCCCC3)n2)nc1C. The van der Waals surface area contributed by atoms with Crippen molar-refractivity contribution in [2.75, 3.05) is 7.05 Å². The standard InChI is InChI=1S/C16H25N5/c1-13-14(10-17-2)11-20(18-13)12-15-8-9-21(19-15)16-6-4-3-5-7-16/h8-9,11,16-17H,3-7,10,12H2,1-2H3. The van der Waals surface area contributed by atoms with Crippen LogP contribution in [0.4, 0.5) is 0 Å². The molecule has 114 valence electrons. The lowest BCUT2D eigenvalue weighted by Gasteiger charge is -2.21. The highest BCUT2D eigenvalue weighted by molar-refractivity contribution is 5.15. The summed E-state index contributed by atoms with van der Waals surface area (Å²) >= 11 is 0. The number of hydrogen-bond donors (Lipinski definition) is 1. The Balaban J connectivity index is 1.67. The summed E-state index contributed by atoms with van der Waals surface area (Å²) in [4.78, 5) is 0. The van der Waals surface area contributed by atoms with Crippen LogP contribution in [0.3, 0.4) is 0 Å². The number of aryl methyl sites for hydroxylation is 1. The molecule has 5 heteroatoms. The van der Waals surface area contributed by atoms with Gasteiger partial charge in [0.15, 0.2) is 0 Å². The first kappa shape index (κ1) is 14.3. The second-order valence-electron chi connectivity index (χ2n) is 6.05. The van der Waals surface area contributed by atoms with Gasteiger partial charge in [0.25, 0.3) is 0 Å². The van der Waals surface area contributed by atoms with Crippen LogP contribution in [-0.4, -0.2) is 26.6 Å². The third-order valence-electron chi connectivity index (χ3n) is 4.35. The lowest BCUT2D eigenvalue weighted by molar-refractivity contribution is 0.327. The van der Waals surface area contributed by atoms with Crippen LogP contribution in [-0.2, 0) is 13.1 Å². The van der Waals surface area contributed by atoms with Gasteiger partial charge in [-0.15, -0.1) is 0 Å². The predicted molar refractivity (Wildman–Crippen MR) is 83.2 cm³/mol. The monoisotopic (exact) mass is 287 g/mol. The molecule has 1 saturated carbocycles. The van der Waals surface area contributed by atoms with Crippen LogP contribution >= 0.6 is 0 Å². The molecule has 2 aromatic heterocycles. The van der Waals surface area contributed by atoms with Crippen LogP contribution in [0.1, 0.15) is 55.1 Å². The van der Waals surface area contributed by atoms with E-state index >= 15 is 0 Å². The van der Waals surface area contributed by atoms with Gasteiger partial charge in [0.05, 0.1) is 24.0 Å². The Morgan fingerprint density at radius 3 is 2.81 bits per heavy atom. The van der Waals surface area contributed by atoms with Crippen LogP contribution in [0.15, 0.2) is 18.5 Å². The van der Waals surface area contributed by atoms with E-state index in [9.17, 15) is 0 Å². The van der Waals surface area contributed by atoms with Crippen LogP contribution < -0.4 is 5.32 Å². The first-order valence-corrected chi connectivity index (χ1v) is 7.98. The largest absolute Gasteiger partial charge is 0.316 e. The molecule has 0 atom stereocenters. The molecule has 0 spiro atoms. The van der Waals surface area contributed by atoms with E-state index < -0.39 is 0 Å². The smallest absolute Gasteiger partial charge is 0.0850 e. The summed E-state index contributed by atoms with van der Waals surface area (Å²) in [5.41, 5.74) is 3.44. The van der Waals surface area contributed by atoms with E-state index in [2.05, 4.69) is 40.5 Å². The molecule has 0 unspecified atom stereocenters. The normalized spacial score (nSPS) is 16.5. The maximum Gasteiger partial charge on any atom is 0.0850 e. The molecule has 1 aliphatic carbocycles. The molecule has 1 fully saturated rings. The van der Waals surface area contributed by atoms with Crippen molar-refractivity contribution in [2.24, 2.45) is 0 Å². The molecule has 0 bridgehead atoms. The van der Waals surface area contributed by atoms with Gasteiger partial charge in [0, 0.05) is 24.5 Å². The Hall–Kier alpha value is -1.62. The van der Waals surface area contributed by atoms with E-state index in [0.717, 1.165) is 24.5 Å². The highest BCUT2D eigenvalue weighted by Gasteiger charge is 2.16. The summed E-state index contributed by atoms with van der Waals surface area (Å²) in [6, 6.07) is 2.73. The number of aromatic nitrogens is 4. The van der Waals surface area contributed by atoms with Gasteiger partial charge in [-0.1, -0.05) is 19.3 Å². The molecule has 0 aliphatic heterocycles. The van der Waals surface area contributed by atoms with Gasteiger partial charge in [-0.3, -0.25) is 9.36 Å². The first-order chi connectivity index (χ1) is 10.3. The van der Waals surface area contributed by atoms with Gasteiger partial charge in [-0.2, -0.15) is 10.2 Å². The van der Waals surface area contributed by atoms with Gasteiger partial charge >= 0.3 is 0 Å². The third kappa shape index (κ3) is 3.35. The third-order valence-corrected chi connectivity index (χ3v) is 4.35. The van der Waals surface area contributed by atoms with Crippen molar-refractivity contribution in [2.45, 2.75) is 58.2 Å². The molecule has 1 aliphatic rings. The van der Waals surface area contributed by atoms with Crippen molar-refractivity contribution in [3.8, 4) is 0 Å². The Morgan fingerprint density at radius 1 is 1.24 bits per heavy atom. The fourth-order valence-corrected chi connectivity index (χ4v) is 3.18. The maximum atomic E-state index is 4.75.